The van der Waals surface area contributed by atoms with Gasteiger partial charge < -0.3 is 15.4 Å². The van der Waals surface area contributed by atoms with Crippen molar-refractivity contribution in [1.29, 1.82) is 0 Å². The summed E-state index contributed by atoms with van der Waals surface area (Å²) < 4.78 is 5.79. The molecule has 0 saturated heterocycles. The second-order valence-electron chi connectivity index (χ2n) is 5.00. The standard InChI is InChI=1S/C14H20N2O/c15-10-11-6-7-12(11)16-8-3-9-17-14-5-2-1-4-13(14)16/h1-2,4-5,11-12H,3,6-10,15H2. The van der Waals surface area contributed by atoms with Crippen molar-refractivity contribution in [2.75, 3.05) is 24.6 Å². The lowest BCUT2D eigenvalue weighted by Gasteiger charge is -2.45. The average Bonchev–Trinajstić information content (AvgIpc) is 2.52. The maximum atomic E-state index is 5.83. The fraction of sp³-hybridized carbons (Fsp3) is 0.571. The minimum Gasteiger partial charge on any atom is -0.491 e. The van der Waals surface area contributed by atoms with Gasteiger partial charge in [0.2, 0.25) is 0 Å². The van der Waals surface area contributed by atoms with Crippen LogP contribution in [0.3, 0.4) is 0 Å². The highest BCUT2D eigenvalue weighted by Crippen LogP contribution is 2.39. The van der Waals surface area contributed by atoms with Crippen LogP contribution < -0.4 is 15.4 Å². The van der Waals surface area contributed by atoms with Crippen LogP contribution in [0.25, 0.3) is 0 Å². The van der Waals surface area contributed by atoms with Crippen LogP contribution in [0, 0.1) is 5.92 Å². The van der Waals surface area contributed by atoms with Crippen molar-refractivity contribution < 1.29 is 4.74 Å². The van der Waals surface area contributed by atoms with E-state index < -0.39 is 0 Å². The first-order valence-electron chi connectivity index (χ1n) is 6.58. The number of anilines is 1. The molecule has 1 aromatic carbocycles. The highest BCUT2D eigenvalue weighted by molar-refractivity contribution is 5.60. The topological polar surface area (TPSA) is 38.5 Å². The molecule has 0 amide bonds. The Labute approximate surface area is 103 Å². The van der Waals surface area contributed by atoms with E-state index in [9.17, 15) is 0 Å². The highest BCUT2D eigenvalue weighted by Gasteiger charge is 2.35. The quantitative estimate of drug-likeness (QED) is 0.847. The molecule has 1 aliphatic carbocycles. The van der Waals surface area contributed by atoms with Crippen molar-refractivity contribution in [3.8, 4) is 5.75 Å². The first-order valence-corrected chi connectivity index (χ1v) is 6.58. The summed E-state index contributed by atoms with van der Waals surface area (Å²) in [4.78, 5) is 2.52. The molecule has 3 nitrogen and oxygen atoms in total. The normalized spacial score (nSPS) is 27.7. The molecular formula is C14H20N2O. The van der Waals surface area contributed by atoms with E-state index in [0.717, 1.165) is 31.9 Å². The molecule has 1 aliphatic heterocycles. The molecule has 3 heteroatoms. The Kier molecular flexibility index (Phi) is 2.93. The number of benzene rings is 1. The van der Waals surface area contributed by atoms with Gasteiger partial charge in [0.1, 0.15) is 5.75 Å². The number of rotatable bonds is 2. The average molecular weight is 232 g/mol. The van der Waals surface area contributed by atoms with Gasteiger partial charge in [0.05, 0.1) is 12.3 Å². The molecule has 2 atom stereocenters. The molecule has 2 N–H and O–H groups in total. The zero-order chi connectivity index (χ0) is 11.7. The third kappa shape index (κ3) is 1.89. The van der Waals surface area contributed by atoms with Crippen molar-refractivity contribution in [2.24, 2.45) is 11.7 Å². The number of fused-ring (bicyclic) bond motifs is 1. The molecule has 1 fully saturated rings. The summed E-state index contributed by atoms with van der Waals surface area (Å²) in [6.45, 7) is 2.73. The van der Waals surface area contributed by atoms with E-state index in [1.54, 1.807) is 0 Å². The second kappa shape index (κ2) is 4.57. The largest absolute Gasteiger partial charge is 0.491 e. The predicted molar refractivity (Wildman–Crippen MR) is 69.5 cm³/mol. The van der Waals surface area contributed by atoms with Crippen LogP contribution in [0.15, 0.2) is 24.3 Å². The van der Waals surface area contributed by atoms with E-state index in [2.05, 4.69) is 23.1 Å². The van der Waals surface area contributed by atoms with Gasteiger partial charge in [-0.25, -0.2) is 0 Å². The van der Waals surface area contributed by atoms with Gasteiger partial charge in [0.15, 0.2) is 0 Å². The lowest BCUT2D eigenvalue weighted by atomic mass is 9.78. The maximum absolute atomic E-state index is 5.83. The van der Waals surface area contributed by atoms with E-state index in [1.807, 2.05) is 6.07 Å². The van der Waals surface area contributed by atoms with Gasteiger partial charge >= 0.3 is 0 Å². The van der Waals surface area contributed by atoms with Crippen molar-refractivity contribution in [3.63, 3.8) is 0 Å². The molecule has 2 aliphatic rings. The summed E-state index contributed by atoms with van der Waals surface area (Å²) in [5.41, 5.74) is 7.09. The van der Waals surface area contributed by atoms with E-state index >= 15 is 0 Å². The van der Waals surface area contributed by atoms with Crippen molar-refractivity contribution in [3.05, 3.63) is 24.3 Å². The lowest BCUT2D eigenvalue weighted by Crippen LogP contribution is -2.50. The summed E-state index contributed by atoms with van der Waals surface area (Å²) in [6, 6.07) is 9.01. The maximum Gasteiger partial charge on any atom is 0.142 e. The van der Waals surface area contributed by atoms with Crippen molar-refractivity contribution >= 4 is 5.69 Å². The highest BCUT2D eigenvalue weighted by atomic mass is 16.5. The molecule has 2 unspecified atom stereocenters. The Morgan fingerprint density at radius 2 is 2.18 bits per heavy atom. The second-order valence-corrected chi connectivity index (χ2v) is 5.00. The van der Waals surface area contributed by atoms with Crippen LogP contribution >= 0.6 is 0 Å². The van der Waals surface area contributed by atoms with Crippen LogP contribution in [0.2, 0.25) is 0 Å². The third-order valence-corrected chi connectivity index (χ3v) is 4.06. The molecule has 0 aromatic heterocycles. The van der Waals surface area contributed by atoms with Gasteiger partial charge in [-0.1, -0.05) is 12.1 Å². The van der Waals surface area contributed by atoms with Gasteiger partial charge in [0, 0.05) is 12.6 Å². The van der Waals surface area contributed by atoms with Crippen LogP contribution in [0.5, 0.6) is 5.75 Å². The van der Waals surface area contributed by atoms with Gasteiger partial charge in [-0.3, -0.25) is 0 Å². The molecule has 1 heterocycles. The number of nitrogens with two attached hydrogens (primary N) is 1. The molecule has 3 rings (SSSR count). The fourth-order valence-corrected chi connectivity index (χ4v) is 2.94. The molecular weight excluding hydrogens is 212 g/mol. The van der Waals surface area contributed by atoms with Gasteiger partial charge in [-0.05, 0) is 43.9 Å². The smallest absolute Gasteiger partial charge is 0.142 e. The SMILES string of the molecule is NCC1CCC1N1CCCOc2ccccc21. The molecule has 1 aromatic rings. The fourth-order valence-electron chi connectivity index (χ4n) is 2.94. The molecule has 1 saturated carbocycles. The van der Waals surface area contributed by atoms with E-state index in [4.69, 9.17) is 10.5 Å². The lowest BCUT2D eigenvalue weighted by molar-refractivity contribution is 0.248. The predicted octanol–water partition coefficient (Wildman–Crippen LogP) is 2.01. The number of hydrogen-bond acceptors (Lipinski definition) is 3. The van der Waals surface area contributed by atoms with E-state index in [1.165, 1.54) is 18.5 Å². The van der Waals surface area contributed by atoms with Crippen LogP contribution in [0.1, 0.15) is 19.3 Å². The van der Waals surface area contributed by atoms with Gasteiger partial charge in [-0.15, -0.1) is 0 Å². The Morgan fingerprint density at radius 1 is 1.29 bits per heavy atom. The number of para-hydroxylation sites is 2. The van der Waals surface area contributed by atoms with Gasteiger partial charge in [-0.2, -0.15) is 0 Å². The molecule has 0 bridgehead atoms. The summed E-state index contributed by atoms with van der Waals surface area (Å²) in [5.74, 6) is 1.70. The van der Waals surface area contributed by atoms with Crippen LogP contribution in [-0.2, 0) is 0 Å². The molecule has 0 radical (unpaired) electrons. The van der Waals surface area contributed by atoms with Crippen LogP contribution in [0.4, 0.5) is 5.69 Å². The van der Waals surface area contributed by atoms with Crippen molar-refractivity contribution in [1.82, 2.24) is 0 Å². The Morgan fingerprint density at radius 3 is 2.94 bits per heavy atom. The van der Waals surface area contributed by atoms with E-state index in [-0.39, 0.29) is 0 Å². The first kappa shape index (κ1) is 10.9. The van der Waals surface area contributed by atoms with E-state index in [0.29, 0.717) is 12.0 Å². The van der Waals surface area contributed by atoms with Crippen LogP contribution in [-0.4, -0.2) is 25.7 Å². The number of ether oxygens (including phenoxy) is 1. The number of nitrogens with zero attached hydrogens (tertiary/aromatic N) is 1. The number of hydrogen-bond donors (Lipinski definition) is 1. The minimum absolute atomic E-state index is 0.628. The summed E-state index contributed by atoms with van der Waals surface area (Å²) in [7, 11) is 0. The molecule has 92 valence electrons. The van der Waals surface area contributed by atoms with Crippen molar-refractivity contribution in [2.45, 2.75) is 25.3 Å². The Bertz CT molecular complexity index is 392. The zero-order valence-electron chi connectivity index (χ0n) is 10.1. The minimum atomic E-state index is 0.628. The Hall–Kier alpha value is -1.22. The summed E-state index contributed by atoms with van der Waals surface area (Å²) >= 11 is 0. The molecule has 17 heavy (non-hydrogen) atoms. The summed E-state index contributed by atoms with van der Waals surface area (Å²) in [5, 5.41) is 0. The molecule has 0 spiro atoms. The monoisotopic (exact) mass is 232 g/mol. The van der Waals surface area contributed by atoms with Gasteiger partial charge in [0.25, 0.3) is 0 Å². The summed E-state index contributed by atoms with van der Waals surface area (Å²) in [6.07, 6.45) is 3.65. The third-order valence-electron chi connectivity index (χ3n) is 4.06. The zero-order valence-corrected chi connectivity index (χ0v) is 10.1. The Balaban J connectivity index is 1.89. The first-order chi connectivity index (χ1) is 8.40.